The second-order valence-corrected chi connectivity index (χ2v) is 10.1. The standard InChI is InChI=1S/C29H24Cl2N2O4/c1-32-14-18(22-13-20(35-2)5-7-25(22)32)11-27-28(34)21-6-8-26-23(29(21)37-27)15-33(16-36-26)10-9-17-3-4-19(30)12-24(17)31/h3-8,11-14H,9-10,15-16H2,1-2H3/b27-11-. The molecule has 0 unspecified atom stereocenters. The highest BCUT2D eigenvalue weighted by Crippen LogP contribution is 2.42. The van der Waals surface area contributed by atoms with Gasteiger partial charge in [0.25, 0.3) is 0 Å². The molecule has 8 heteroatoms. The first-order valence-corrected chi connectivity index (χ1v) is 12.7. The Labute approximate surface area is 224 Å². The van der Waals surface area contributed by atoms with Gasteiger partial charge in [-0.05, 0) is 60.5 Å². The smallest absolute Gasteiger partial charge is 0.231 e. The van der Waals surface area contributed by atoms with Gasteiger partial charge in [0.2, 0.25) is 5.78 Å². The minimum absolute atomic E-state index is 0.136. The number of nitrogens with zero attached hydrogens (tertiary/aromatic N) is 2. The van der Waals surface area contributed by atoms with E-state index >= 15 is 0 Å². The number of halogens is 2. The highest BCUT2D eigenvalue weighted by atomic mass is 35.5. The van der Waals surface area contributed by atoms with Crippen LogP contribution < -0.4 is 14.2 Å². The lowest BCUT2D eigenvalue weighted by Gasteiger charge is -2.29. The van der Waals surface area contributed by atoms with Gasteiger partial charge in [-0.2, -0.15) is 0 Å². The zero-order chi connectivity index (χ0) is 25.7. The van der Waals surface area contributed by atoms with E-state index in [1.54, 1.807) is 25.3 Å². The molecule has 1 aromatic heterocycles. The maximum Gasteiger partial charge on any atom is 0.231 e. The molecule has 2 aliphatic rings. The summed E-state index contributed by atoms with van der Waals surface area (Å²) in [6.45, 7) is 1.79. The second kappa shape index (κ2) is 9.45. The number of rotatable bonds is 5. The van der Waals surface area contributed by atoms with Crippen LogP contribution in [0.1, 0.15) is 27.0 Å². The molecule has 0 spiro atoms. The minimum atomic E-state index is -0.136. The lowest BCUT2D eigenvalue weighted by Crippen LogP contribution is -2.33. The summed E-state index contributed by atoms with van der Waals surface area (Å²) in [5.41, 5.74) is 4.38. The number of benzene rings is 3. The van der Waals surface area contributed by atoms with Gasteiger partial charge in [0.1, 0.15) is 24.0 Å². The Hall–Kier alpha value is -3.45. The van der Waals surface area contributed by atoms with Gasteiger partial charge < -0.3 is 18.8 Å². The average Bonchev–Trinajstić information content (AvgIpc) is 3.39. The lowest BCUT2D eigenvalue weighted by atomic mass is 10.0. The molecule has 0 fully saturated rings. The van der Waals surface area contributed by atoms with Crippen molar-refractivity contribution in [1.29, 1.82) is 0 Å². The summed E-state index contributed by atoms with van der Waals surface area (Å²) in [6.07, 6.45) is 4.54. The molecule has 3 aromatic carbocycles. The monoisotopic (exact) mass is 534 g/mol. The number of ether oxygens (including phenoxy) is 3. The van der Waals surface area contributed by atoms with Gasteiger partial charge in [0.05, 0.1) is 18.2 Å². The van der Waals surface area contributed by atoms with E-state index in [-0.39, 0.29) is 5.78 Å². The molecule has 3 heterocycles. The van der Waals surface area contributed by atoms with Gasteiger partial charge in [-0.3, -0.25) is 9.69 Å². The molecular weight excluding hydrogens is 511 g/mol. The molecule has 0 saturated heterocycles. The van der Waals surface area contributed by atoms with Crippen molar-refractivity contribution >= 4 is 46.0 Å². The number of carbonyl (C=O) groups excluding carboxylic acids is 1. The van der Waals surface area contributed by atoms with E-state index in [0.29, 0.717) is 40.4 Å². The molecule has 188 valence electrons. The molecule has 0 aliphatic carbocycles. The molecule has 0 N–H and O–H groups in total. The quantitative estimate of drug-likeness (QED) is 0.273. The van der Waals surface area contributed by atoms with Crippen LogP contribution in [0, 0.1) is 0 Å². The number of aryl methyl sites for hydroxylation is 1. The Morgan fingerprint density at radius 1 is 1.11 bits per heavy atom. The molecule has 0 saturated carbocycles. The summed E-state index contributed by atoms with van der Waals surface area (Å²) in [5.74, 6) is 2.22. The molecule has 37 heavy (non-hydrogen) atoms. The van der Waals surface area contributed by atoms with Crippen LogP contribution in [0.3, 0.4) is 0 Å². The average molecular weight is 535 g/mol. The van der Waals surface area contributed by atoms with Crippen molar-refractivity contribution in [2.24, 2.45) is 7.05 Å². The van der Waals surface area contributed by atoms with E-state index in [1.165, 1.54) is 0 Å². The number of methoxy groups -OCH3 is 1. The van der Waals surface area contributed by atoms with Crippen molar-refractivity contribution in [2.45, 2.75) is 13.0 Å². The lowest BCUT2D eigenvalue weighted by molar-refractivity contribution is 0.0950. The summed E-state index contributed by atoms with van der Waals surface area (Å²) in [6, 6.07) is 15.1. The summed E-state index contributed by atoms with van der Waals surface area (Å²) in [5, 5.41) is 2.26. The summed E-state index contributed by atoms with van der Waals surface area (Å²) in [4.78, 5) is 15.5. The zero-order valence-electron chi connectivity index (χ0n) is 20.4. The number of hydrogen-bond donors (Lipinski definition) is 0. The Bertz CT molecular complexity index is 1590. The Kier molecular flexibility index (Phi) is 6.11. The molecule has 0 bridgehead atoms. The number of Topliss-reactive ketones (excluding diaryl/α,β-unsaturated/α-hetero) is 1. The Morgan fingerprint density at radius 2 is 1.97 bits per heavy atom. The van der Waals surface area contributed by atoms with Crippen LogP contribution in [-0.4, -0.2) is 35.6 Å². The number of hydrogen-bond acceptors (Lipinski definition) is 5. The number of ketones is 1. The van der Waals surface area contributed by atoms with Crippen molar-refractivity contribution in [3.8, 4) is 17.2 Å². The third-order valence-electron chi connectivity index (χ3n) is 6.91. The van der Waals surface area contributed by atoms with Crippen molar-refractivity contribution in [3.05, 3.63) is 92.8 Å². The fourth-order valence-corrected chi connectivity index (χ4v) is 5.44. The van der Waals surface area contributed by atoms with Crippen LogP contribution in [-0.2, 0) is 20.0 Å². The van der Waals surface area contributed by atoms with E-state index in [9.17, 15) is 4.79 Å². The van der Waals surface area contributed by atoms with Gasteiger partial charge >= 0.3 is 0 Å². The van der Waals surface area contributed by atoms with Crippen LogP contribution in [0.4, 0.5) is 0 Å². The molecule has 6 rings (SSSR count). The second-order valence-electron chi connectivity index (χ2n) is 9.25. The van der Waals surface area contributed by atoms with Gasteiger partial charge in [0.15, 0.2) is 5.76 Å². The van der Waals surface area contributed by atoms with Crippen LogP contribution in [0.5, 0.6) is 17.2 Å². The maximum absolute atomic E-state index is 13.3. The predicted molar refractivity (Wildman–Crippen MR) is 145 cm³/mol. The van der Waals surface area contributed by atoms with Crippen molar-refractivity contribution < 1.29 is 19.0 Å². The van der Waals surface area contributed by atoms with Crippen molar-refractivity contribution in [3.63, 3.8) is 0 Å². The number of allylic oxidation sites excluding steroid dienone is 1. The highest BCUT2D eigenvalue weighted by molar-refractivity contribution is 6.35. The van der Waals surface area contributed by atoms with Gasteiger partial charge in [-0.1, -0.05) is 29.3 Å². The number of carbonyl (C=O) groups is 1. The van der Waals surface area contributed by atoms with Crippen molar-refractivity contribution in [1.82, 2.24) is 9.47 Å². The largest absolute Gasteiger partial charge is 0.497 e. The van der Waals surface area contributed by atoms with Crippen molar-refractivity contribution in [2.75, 3.05) is 20.4 Å². The normalized spacial score (nSPS) is 16.0. The molecule has 6 nitrogen and oxygen atoms in total. The summed E-state index contributed by atoms with van der Waals surface area (Å²) < 4.78 is 19.6. The van der Waals surface area contributed by atoms with E-state index in [0.717, 1.165) is 52.1 Å². The fourth-order valence-electron chi connectivity index (χ4n) is 4.94. The summed E-state index contributed by atoms with van der Waals surface area (Å²) >= 11 is 12.4. The summed E-state index contributed by atoms with van der Waals surface area (Å²) in [7, 11) is 3.61. The topological polar surface area (TPSA) is 52.9 Å². The van der Waals surface area contributed by atoms with Gasteiger partial charge in [-0.15, -0.1) is 0 Å². The SMILES string of the molecule is COc1ccc2c(c1)c(/C=C1\Oc3c(ccc4c3CN(CCc3ccc(Cl)cc3Cl)CO4)C1=O)cn2C. The third kappa shape index (κ3) is 4.35. The van der Waals surface area contributed by atoms with Gasteiger partial charge in [0, 0.05) is 52.8 Å². The van der Waals surface area contributed by atoms with E-state index in [4.69, 9.17) is 37.4 Å². The van der Waals surface area contributed by atoms with E-state index < -0.39 is 0 Å². The van der Waals surface area contributed by atoms with Gasteiger partial charge in [-0.25, -0.2) is 0 Å². The fraction of sp³-hybridized carbons (Fsp3) is 0.207. The molecular formula is C29H24Cl2N2O4. The zero-order valence-corrected chi connectivity index (χ0v) is 21.9. The van der Waals surface area contributed by atoms with Crippen LogP contribution in [0.25, 0.3) is 17.0 Å². The number of aromatic nitrogens is 1. The minimum Gasteiger partial charge on any atom is -0.497 e. The molecule has 4 aromatic rings. The first kappa shape index (κ1) is 23.9. The van der Waals surface area contributed by atoms with Crippen LogP contribution >= 0.6 is 23.2 Å². The first-order valence-electron chi connectivity index (χ1n) is 11.9. The Balaban J connectivity index is 1.27. The molecule has 0 radical (unpaired) electrons. The third-order valence-corrected chi connectivity index (χ3v) is 7.50. The molecule has 2 aliphatic heterocycles. The predicted octanol–water partition coefficient (Wildman–Crippen LogP) is 6.50. The van der Waals surface area contributed by atoms with E-state index in [1.807, 2.05) is 54.2 Å². The molecule has 0 atom stereocenters. The maximum atomic E-state index is 13.3. The number of fused-ring (bicyclic) bond motifs is 4. The van der Waals surface area contributed by atoms with Crippen LogP contribution in [0.2, 0.25) is 10.0 Å². The Morgan fingerprint density at radius 3 is 2.78 bits per heavy atom. The van der Waals surface area contributed by atoms with E-state index in [2.05, 4.69) is 4.90 Å². The molecule has 0 amide bonds. The first-order chi connectivity index (χ1) is 17.9. The highest BCUT2D eigenvalue weighted by Gasteiger charge is 2.33. The van der Waals surface area contributed by atoms with Crippen LogP contribution in [0.15, 0.2) is 60.5 Å².